The van der Waals surface area contributed by atoms with Crippen molar-refractivity contribution in [1.29, 1.82) is 0 Å². The van der Waals surface area contributed by atoms with E-state index < -0.39 is 0 Å². The summed E-state index contributed by atoms with van der Waals surface area (Å²) in [5, 5.41) is 12.7. The standard InChI is InChI=1S/C19H18N8O/c1-11-20-8-13-7-15(4-5-16(13)22-11)27-18-17(25-26-27)9-21-19(24-18)23-14-3-2-12(6-14)10-28/h4-5,7-10,12,14H,2-3,6H2,1H3,(H,21,23,24)/t12-,14-/m1/s1. The first-order valence-electron chi connectivity index (χ1n) is 9.23. The molecule has 28 heavy (non-hydrogen) atoms. The van der Waals surface area contributed by atoms with Gasteiger partial charge in [0, 0.05) is 23.5 Å². The van der Waals surface area contributed by atoms with Crippen LogP contribution in [0.2, 0.25) is 0 Å². The Bertz CT molecular complexity index is 1190. The Morgan fingerprint density at radius 1 is 1.14 bits per heavy atom. The fourth-order valence-corrected chi connectivity index (χ4v) is 3.67. The molecule has 1 aliphatic rings. The van der Waals surface area contributed by atoms with Crippen LogP contribution in [0.5, 0.6) is 0 Å². The van der Waals surface area contributed by atoms with Crippen molar-refractivity contribution in [2.45, 2.75) is 32.2 Å². The van der Waals surface area contributed by atoms with E-state index in [1.54, 1.807) is 17.1 Å². The van der Waals surface area contributed by atoms with Crippen molar-refractivity contribution in [2.24, 2.45) is 5.92 Å². The van der Waals surface area contributed by atoms with Gasteiger partial charge in [0.05, 0.1) is 17.4 Å². The molecule has 9 nitrogen and oxygen atoms in total. The van der Waals surface area contributed by atoms with Gasteiger partial charge in [-0.1, -0.05) is 5.21 Å². The Morgan fingerprint density at radius 2 is 2.07 bits per heavy atom. The lowest BCUT2D eigenvalue weighted by Crippen LogP contribution is -2.17. The van der Waals surface area contributed by atoms with E-state index in [4.69, 9.17) is 0 Å². The zero-order valence-corrected chi connectivity index (χ0v) is 15.3. The number of benzene rings is 1. The molecule has 1 aromatic carbocycles. The van der Waals surface area contributed by atoms with Gasteiger partial charge in [-0.05, 0) is 44.4 Å². The van der Waals surface area contributed by atoms with Crippen LogP contribution in [0.15, 0.2) is 30.6 Å². The number of nitrogens with one attached hydrogen (secondary N) is 1. The average molecular weight is 374 g/mol. The molecule has 0 amide bonds. The van der Waals surface area contributed by atoms with E-state index in [9.17, 15) is 4.79 Å². The van der Waals surface area contributed by atoms with Crippen molar-refractivity contribution in [3.63, 3.8) is 0 Å². The Labute approximate surface area is 160 Å². The minimum Gasteiger partial charge on any atom is -0.351 e. The number of fused-ring (bicyclic) bond motifs is 2. The number of aromatic nitrogens is 7. The van der Waals surface area contributed by atoms with Crippen LogP contribution < -0.4 is 5.32 Å². The van der Waals surface area contributed by atoms with E-state index in [0.29, 0.717) is 17.1 Å². The van der Waals surface area contributed by atoms with E-state index in [1.165, 1.54) is 0 Å². The first kappa shape index (κ1) is 16.7. The normalized spacial score (nSPS) is 19.3. The SMILES string of the molecule is Cc1ncc2cc(-n3nnc4cnc(N[C@@H]5CC[C@@H](C=O)C5)nc43)ccc2n1. The highest BCUT2D eigenvalue weighted by atomic mass is 16.1. The molecule has 4 aromatic rings. The van der Waals surface area contributed by atoms with Gasteiger partial charge in [0.2, 0.25) is 5.95 Å². The molecule has 1 fully saturated rings. The molecular formula is C19H18N8O. The van der Waals surface area contributed by atoms with Gasteiger partial charge in [0.25, 0.3) is 0 Å². The van der Waals surface area contributed by atoms with Crippen LogP contribution in [0.1, 0.15) is 25.1 Å². The predicted molar refractivity (Wildman–Crippen MR) is 103 cm³/mol. The third kappa shape index (κ3) is 2.94. The predicted octanol–water partition coefficient (Wildman–Crippen LogP) is 2.24. The number of nitrogens with zero attached hydrogens (tertiary/aromatic N) is 7. The number of carbonyl (C=O) groups is 1. The molecule has 3 heterocycles. The third-order valence-corrected chi connectivity index (χ3v) is 5.12. The van der Waals surface area contributed by atoms with E-state index >= 15 is 0 Å². The van der Waals surface area contributed by atoms with Gasteiger partial charge in [-0.25, -0.2) is 15.0 Å². The maximum Gasteiger partial charge on any atom is 0.225 e. The minimum absolute atomic E-state index is 0.122. The Kier molecular flexibility index (Phi) is 3.92. The topological polar surface area (TPSA) is 111 Å². The summed E-state index contributed by atoms with van der Waals surface area (Å²) in [6.45, 7) is 1.87. The van der Waals surface area contributed by atoms with E-state index in [-0.39, 0.29) is 12.0 Å². The van der Waals surface area contributed by atoms with E-state index in [0.717, 1.165) is 48.0 Å². The smallest absolute Gasteiger partial charge is 0.225 e. The zero-order chi connectivity index (χ0) is 19.1. The van der Waals surface area contributed by atoms with Crippen molar-refractivity contribution in [3.05, 3.63) is 36.4 Å². The van der Waals surface area contributed by atoms with E-state index in [1.807, 2.05) is 25.1 Å². The van der Waals surface area contributed by atoms with Gasteiger partial charge in [-0.2, -0.15) is 9.67 Å². The summed E-state index contributed by atoms with van der Waals surface area (Å²) in [5.74, 6) is 1.38. The van der Waals surface area contributed by atoms with E-state index in [2.05, 4.69) is 35.6 Å². The average Bonchev–Trinajstić information content (AvgIpc) is 3.34. The minimum atomic E-state index is 0.122. The number of aldehydes is 1. The first-order valence-corrected chi connectivity index (χ1v) is 9.23. The van der Waals surface area contributed by atoms with Crippen LogP contribution >= 0.6 is 0 Å². The molecule has 1 saturated carbocycles. The number of carbonyl (C=O) groups excluding carboxylic acids is 1. The maximum absolute atomic E-state index is 11.0. The Morgan fingerprint density at radius 3 is 2.93 bits per heavy atom. The molecule has 9 heteroatoms. The van der Waals surface area contributed by atoms with Gasteiger partial charge < -0.3 is 10.1 Å². The zero-order valence-electron chi connectivity index (χ0n) is 15.3. The number of rotatable bonds is 4. The van der Waals surface area contributed by atoms with Gasteiger partial charge in [0.1, 0.15) is 12.1 Å². The summed E-state index contributed by atoms with van der Waals surface area (Å²) >= 11 is 0. The summed E-state index contributed by atoms with van der Waals surface area (Å²) < 4.78 is 1.68. The second-order valence-electron chi connectivity index (χ2n) is 7.11. The molecule has 0 saturated heterocycles. The maximum atomic E-state index is 11.0. The summed E-state index contributed by atoms with van der Waals surface area (Å²) in [4.78, 5) is 28.6. The summed E-state index contributed by atoms with van der Waals surface area (Å²) in [5.41, 5.74) is 2.94. The Balaban J connectivity index is 1.50. The molecule has 1 aliphatic carbocycles. The number of hydrogen-bond donors (Lipinski definition) is 1. The molecular weight excluding hydrogens is 356 g/mol. The lowest BCUT2D eigenvalue weighted by Gasteiger charge is -2.11. The molecule has 0 bridgehead atoms. The van der Waals surface area contributed by atoms with Crippen molar-refractivity contribution < 1.29 is 4.79 Å². The third-order valence-electron chi connectivity index (χ3n) is 5.12. The summed E-state index contributed by atoms with van der Waals surface area (Å²) in [6.07, 6.45) is 7.15. The molecule has 0 aliphatic heterocycles. The quantitative estimate of drug-likeness (QED) is 0.541. The van der Waals surface area contributed by atoms with Crippen LogP contribution in [0.25, 0.3) is 27.8 Å². The molecule has 0 radical (unpaired) electrons. The highest BCUT2D eigenvalue weighted by Crippen LogP contribution is 2.26. The van der Waals surface area contributed by atoms with Crippen molar-refractivity contribution in [3.8, 4) is 5.69 Å². The lowest BCUT2D eigenvalue weighted by molar-refractivity contribution is -0.110. The molecule has 3 aromatic heterocycles. The van der Waals surface area contributed by atoms with Crippen LogP contribution in [-0.4, -0.2) is 47.3 Å². The largest absolute Gasteiger partial charge is 0.351 e. The fraction of sp³-hybridized carbons (Fsp3) is 0.316. The number of hydrogen-bond acceptors (Lipinski definition) is 8. The number of anilines is 1. The highest BCUT2D eigenvalue weighted by Gasteiger charge is 2.25. The Hall–Kier alpha value is -3.49. The van der Waals surface area contributed by atoms with Crippen LogP contribution in [0, 0.1) is 12.8 Å². The van der Waals surface area contributed by atoms with Crippen molar-refractivity contribution in [2.75, 3.05) is 5.32 Å². The van der Waals surface area contributed by atoms with Crippen LogP contribution in [0.3, 0.4) is 0 Å². The fourth-order valence-electron chi connectivity index (χ4n) is 3.67. The van der Waals surface area contributed by atoms with Gasteiger partial charge in [-0.3, -0.25) is 0 Å². The summed E-state index contributed by atoms with van der Waals surface area (Å²) in [7, 11) is 0. The van der Waals surface area contributed by atoms with Gasteiger partial charge in [-0.15, -0.1) is 5.10 Å². The molecule has 1 N–H and O–H groups in total. The van der Waals surface area contributed by atoms with Gasteiger partial charge >= 0.3 is 0 Å². The van der Waals surface area contributed by atoms with Gasteiger partial charge in [0.15, 0.2) is 11.2 Å². The van der Waals surface area contributed by atoms with Crippen molar-refractivity contribution >= 4 is 34.3 Å². The molecule has 2 atom stereocenters. The molecule has 5 rings (SSSR count). The van der Waals surface area contributed by atoms with Crippen LogP contribution in [0.4, 0.5) is 5.95 Å². The first-order chi connectivity index (χ1) is 13.7. The second-order valence-corrected chi connectivity index (χ2v) is 7.11. The second kappa shape index (κ2) is 6.59. The molecule has 0 spiro atoms. The number of aryl methyl sites for hydroxylation is 1. The molecule has 0 unspecified atom stereocenters. The highest BCUT2D eigenvalue weighted by molar-refractivity contribution is 5.81. The molecule has 140 valence electrons. The van der Waals surface area contributed by atoms with Crippen molar-refractivity contribution in [1.82, 2.24) is 34.9 Å². The lowest BCUT2D eigenvalue weighted by atomic mass is 10.1. The van der Waals surface area contributed by atoms with Crippen LogP contribution in [-0.2, 0) is 4.79 Å². The monoisotopic (exact) mass is 374 g/mol. The summed E-state index contributed by atoms with van der Waals surface area (Å²) in [6, 6.07) is 6.04.